The smallest absolute Gasteiger partial charge is 0.139 e. The van der Waals surface area contributed by atoms with E-state index in [9.17, 15) is 4.39 Å². The second-order valence-corrected chi connectivity index (χ2v) is 3.83. The van der Waals surface area contributed by atoms with Crippen LogP contribution in [0.2, 0.25) is 0 Å². The lowest BCUT2D eigenvalue weighted by Crippen LogP contribution is -2.43. The van der Waals surface area contributed by atoms with Gasteiger partial charge in [-0.1, -0.05) is 13.3 Å². The predicted molar refractivity (Wildman–Crippen MR) is 51.7 cm³/mol. The van der Waals surface area contributed by atoms with Gasteiger partial charge in [-0.3, -0.25) is 0 Å². The maximum Gasteiger partial charge on any atom is 0.139 e. The van der Waals surface area contributed by atoms with Crippen molar-refractivity contribution in [3.63, 3.8) is 0 Å². The summed E-state index contributed by atoms with van der Waals surface area (Å²) in [4.78, 5) is 2.02. The standard InChI is InChI=1S/C10H20FNO/c1-3-4-7-13-10-5-6-12(2)8-9(10)11/h9-10H,3-8H2,1-2H3. The van der Waals surface area contributed by atoms with Crippen LogP contribution in [0.15, 0.2) is 0 Å². The maximum absolute atomic E-state index is 13.4. The normalized spacial score (nSPS) is 30.7. The quantitative estimate of drug-likeness (QED) is 0.626. The first-order valence-corrected chi connectivity index (χ1v) is 5.18. The predicted octanol–water partition coefficient (Wildman–Crippen LogP) is 1.85. The maximum atomic E-state index is 13.4. The third kappa shape index (κ3) is 3.61. The van der Waals surface area contributed by atoms with Gasteiger partial charge in [0.05, 0.1) is 6.10 Å². The Hall–Kier alpha value is -0.150. The number of hydrogen-bond acceptors (Lipinski definition) is 2. The van der Waals surface area contributed by atoms with E-state index in [-0.39, 0.29) is 6.10 Å². The molecule has 0 radical (unpaired) electrons. The van der Waals surface area contributed by atoms with Crippen molar-refractivity contribution < 1.29 is 9.13 Å². The van der Waals surface area contributed by atoms with Crippen molar-refractivity contribution in [2.75, 3.05) is 26.7 Å². The van der Waals surface area contributed by atoms with E-state index in [0.29, 0.717) is 13.2 Å². The van der Waals surface area contributed by atoms with Crippen LogP contribution >= 0.6 is 0 Å². The van der Waals surface area contributed by atoms with Crippen molar-refractivity contribution in [3.8, 4) is 0 Å². The van der Waals surface area contributed by atoms with Gasteiger partial charge in [-0.25, -0.2) is 4.39 Å². The topological polar surface area (TPSA) is 12.5 Å². The third-order valence-corrected chi connectivity index (χ3v) is 2.51. The van der Waals surface area contributed by atoms with Gasteiger partial charge >= 0.3 is 0 Å². The van der Waals surface area contributed by atoms with Crippen molar-refractivity contribution in [1.82, 2.24) is 4.90 Å². The zero-order chi connectivity index (χ0) is 9.68. The Labute approximate surface area is 80.1 Å². The number of halogens is 1. The molecule has 0 aliphatic carbocycles. The van der Waals surface area contributed by atoms with E-state index in [2.05, 4.69) is 6.92 Å². The number of likely N-dealkylation sites (tertiary alicyclic amines) is 1. The largest absolute Gasteiger partial charge is 0.375 e. The summed E-state index contributed by atoms with van der Waals surface area (Å²) >= 11 is 0. The van der Waals surface area contributed by atoms with Gasteiger partial charge in [0.25, 0.3) is 0 Å². The number of rotatable bonds is 4. The number of hydrogen-bond donors (Lipinski definition) is 0. The summed E-state index contributed by atoms with van der Waals surface area (Å²) in [6, 6.07) is 0. The first-order chi connectivity index (χ1) is 6.24. The van der Waals surface area contributed by atoms with E-state index in [4.69, 9.17) is 4.74 Å². The molecule has 0 aromatic carbocycles. The molecule has 0 aromatic heterocycles. The third-order valence-electron chi connectivity index (χ3n) is 2.51. The van der Waals surface area contributed by atoms with Gasteiger partial charge in [-0.2, -0.15) is 0 Å². The highest BCUT2D eigenvalue weighted by molar-refractivity contribution is 4.79. The van der Waals surface area contributed by atoms with Gasteiger partial charge in [-0.05, 0) is 19.9 Å². The lowest BCUT2D eigenvalue weighted by atomic mass is 10.1. The summed E-state index contributed by atoms with van der Waals surface area (Å²) in [5.74, 6) is 0. The highest BCUT2D eigenvalue weighted by Crippen LogP contribution is 2.16. The van der Waals surface area contributed by atoms with Crippen molar-refractivity contribution in [3.05, 3.63) is 0 Å². The lowest BCUT2D eigenvalue weighted by Gasteiger charge is -2.32. The molecule has 2 atom stereocenters. The molecule has 78 valence electrons. The number of nitrogens with zero attached hydrogens (tertiary/aromatic N) is 1. The first kappa shape index (κ1) is 10.9. The number of piperidine rings is 1. The van der Waals surface area contributed by atoms with Gasteiger partial charge < -0.3 is 9.64 Å². The van der Waals surface area contributed by atoms with Gasteiger partial charge in [0, 0.05) is 19.7 Å². The number of alkyl halides is 1. The fourth-order valence-electron chi connectivity index (χ4n) is 1.60. The highest BCUT2D eigenvalue weighted by Gasteiger charge is 2.27. The van der Waals surface area contributed by atoms with E-state index in [1.54, 1.807) is 0 Å². The fraction of sp³-hybridized carbons (Fsp3) is 1.00. The molecule has 1 aliphatic heterocycles. The monoisotopic (exact) mass is 189 g/mol. The Morgan fingerprint density at radius 2 is 2.31 bits per heavy atom. The SMILES string of the molecule is CCCCOC1CCN(C)CC1F. The molecule has 1 aliphatic rings. The average Bonchev–Trinajstić information content (AvgIpc) is 2.09. The van der Waals surface area contributed by atoms with Crippen LogP contribution in [0.25, 0.3) is 0 Å². The van der Waals surface area contributed by atoms with Gasteiger partial charge in [-0.15, -0.1) is 0 Å². The van der Waals surface area contributed by atoms with Crippen LogP contribution in [0.1, 0.15) is 26.2 Å². The Morgan fingerprint density at radius 1 is 1.54 bits per heavy atom. The van der Waals surface area contributed by atoms with Crippen LogP contribution in [0.4, 0.5) is 4.39 Å². The minimum absolute atomic E-state index is 0.150. The summed E-state index contributed by atoms with van der Waals surface area (Å²) in [5.41, 5.74) is 0. The second kappa shape index (κ2) is 5.55. The molecule has 1 rings (SSSR count). The fourth-order valence-corrected chi connectivity index (χ4v) is 1.60. The van der Waals surface area contributed by atoms with Crippen LogP contribution in [0.3, 0.4) is 0 Å². The molecule has 13 heavy (non-hydrogen) atoms. The Kier molecular flexibility index (Phi) is 4.67. The molecule has 1 fully saturated rings. The molecule has 0 N–H and O–H groups in total. The lowest BCUT2D eigenvalue weighted by molar-refractivity contribution is -0.0418. The van der Waals surface area contributed by atoms with Crippen LogP contribution < -0.4 is 0 Å². The molecule has 3 heteroatoms. The summed E-state index contributed by atoms with van der Waals surface area (Å²) in [6.45, 7) is 4.31. The molecule has 1 saturated heterocycles. The Bertz CT molecular complexity index is 143. The zero-order valence-electron chi connectivity index (χ0n) is 8.63. The molecule has 2 nitrogen and oxygen atoms in total. The summed E-state index contributed by atoms with van der Waals surface area (Å²) < 4.78 is 18.8. The molecule has 0 aromatic rings. The first-order valence-electron chi connectivity index (χ1n) is 5.18. The molecule has 0 saturated carbocycles. The van der Waals surface area contributed by atoms with E-state index >= 15 is 0 Å². The van der Waals surface area contributed by atoms with Crippen LogP contribution in [0.5, 0.6) is 0 Å². The molecule has 2 unspecified atom stereocenters. The van der Waals surface area contributed by atoms with Crippen molar-refractivity contribution >= 4 is 0 Å². The zero-order valence-corrected chi connectivity index (χ0v) is 8.63. The minimum atomic E-state index is -0.796. The second-order valence-electron chi connectivity index (χ2n) is 3.83. The highest BCUT2D eigenvalue weighted by atomic mass is 19.1. The molecular weight excluding hydrogens is 169 g/mol. The molecular formula is C10H20FNO. The van der Waals surface area contributed by atoms with Gasteiger partial charge in [0.1, 0.15) is 6.17 Å². The average molecular weight is 189 g/mol. The molecule has 0 amide bonds. The molecule has 0 spiro atoms. The summed E-state index contributed by atoms with van der Waals surface area (Å²) in [6.07, 6.45) is 2.04. The van der Waals surface area contributed by atoms with Crippen LogP contribution in [-0.4, -0.2) is 43.9 Å². The van der Waals surface area contributed by atoms with Crippen LogP contribution in [0, 0.1) is 0 Å². The Morgan fingerprint density at radius 3 is 2.92 bits per heavy atom. The minimum Gasteiger partial charge on any atom is -0.375 e. The Balaban J connectivity index is 2.18. The van der Waals surface area contributed by atoms with E-state index < -0.39 is 6.17 Å². The van der Waals surface area contributed by atoms with Gasteiger partial charge in [0.2, 0.25) is 0 Å². The van der Waals surface area contributed by atoms with E-state index in [1.165, 1.54) is 0 Å². The molecule has 1 heterocycles. The van der Waals surface area contributed by atoms with Crippen molar-refractivity contribution in [2.24, 2.45) is 0 Å². The summed E-state index contributed by atoms with van der Waals surface area (Å²) in [5, 5.41) is 0. The number of unbranched alkanes of at least 4 members (excludes halogenated alkanes) is 1. The van der Waals surface area contributed by atoms with E-state index in [0.717, 1.165) is 25.8 Å². The van der Waals surface area contributed by atoms with Crippen LogP contribution in [-0.2, 0) is 4.74 Å². The van der Waals surface area contributed by atoms with Gasteiger partial charge in [0.15, 0.2) is 0 Å². The summed E-state index contributed by atoms with van der Waals surface area (Å²) in [7, 11) is 1.95. The van der Waals surface area contributed by atoms with Crippen molar-refractivity contribution in [1.29, 1.82) is 0 Å². The number of ether oxygens (including phenoxy) is 1. The van der Waals surface area contributed by atoms with Crippen molar-refractivity contribution in [2.45, 2.75) is 38.5 Å². The molecule has 0 bridgehead atoms. The van der Waals surface area contributed by atoms with E-state index in [1.807, 2.05) is 11.9 Å².